The van der Waals surface area contributed by atoms with Crippen LogP contribution in [0.25, 0.3) is 0 Å². The highest BCUT2D eigenvalue weighted by Gasteiger charge is 2.10. The maximum absolute atomic E-state index is 13.8. The molecule has 0 fully saturated rings. The van der Waals surface area contributed by atoms with Crippen LogP contribution in [0.15, 0.2) is 47.5 Å². The van der Waals surface area contributed by atoms with E-state index in [2.05, 4.69) is 34.7 Å². The number of benzene rings is 2. The van der Waals surface area contributed by atoms with Crippen molar-refractivity contribution in [2.24, 2.45) is 4.99 Å². The van der Waals surface area contributed by atoms with E-state index in [4.69, 9.17) is 5.26 Å². The van der Waals surface area contributed by atoms with Crippen LogP contribution in [0.3, 0.4) is 0 Å². The highest BCUT2D eigenvalue weighted by atomic mass is 127. The Morgan fingerprint density at radius 1 is 1.28 bits per heavy atom. The van der Waals surface area contributed by atoms with Gasteiger partial charge in [0.2, 0.25) is 0 Å². The van der Waals surface area contributed by atoms with E-state index in [0.717, 1.165) is 0 Å². The lowest BCUT2D eigenvalue weighted by atomic mass is 10.0. The molecule has 0 aliphatic heterocycles. The number of nitriles is 1. The molecular formula is C19H22FIN4. The molecular weight excluding hydrogens is 430 g/mol. The number of nitrogens with one attached hydrogen (secondary N) is 2. The van der Waals surface area contributed by atoms with Gasteiger partial charge in [0, 0.05) is 19.2 Å². The molecule has 0 aliphatic rings. The molecule has 132 valence electrons. The maximum atomic E-state index is 13.8. The summed E-state index contributed by atoms with van der Waals surface area (Å²) in [6.45, 7) is 4.36. The standard InChI is InChI=1S/C19H21FN4.HI/c1-13-6-4-5-7-17(13)14(2)24-19(22-3)23-12-16-10-15(11-21)8-9-18(16)20;/h4-10,14H,12H2,1-3H3,(H2,22,23,24);1H. The Morgan fingerprint density at radius 3 is 2.64 bits per heavy atom. The Kier molecular flexibility index (Phi) is 8.35. The van der Waals surface area contributed by atoms with Crippen molar-refractivity contribution in [1.29, 1.82) is 5.26 Å². The first-order chi connectivity index (χ1) is 11.5. The molecule has 2 N–H and O–H groups in total. The summed E-state index contributed by atoms with van der Waals surface area (Å²) in [5.74, 6) is 0.233. The lowest BCUT2D eigenvalue weighted by Gasteiger charge is -2.20. The highest BCUT2D eigenvalue weighted by molar-refractivity contribution is 14.0. The number of nitrogens with zero attached hydrogens (tertiary/aromatic N) is 2. The van der Waals surface area contributed by atoms with Gasteiger partial charge in [0.25, 0.3) is 0 Å². The average molecular weight is 452 g/mol. The zero-order valence-electron chi connectivity index (χ0n) is 14.5. The highest BCUT2D eigenvalue weighted by Crippen LogP contribution is 2.16. The van der Waals surface area contributed by atoms with Crippen molar-refractivity contribution in [3.63, 3.8) is 0 Å². The molecule has 0 bridgehead atoms. The van der Waals surface area contributed by atoms with Gasteiger partial charge in [-0.2, -0.15) is 5.26 Å². The Hall–Kier alpha value is -2.14. The summed E-state index contributed by atoms with van der Waals surface area (Å²) in [6, 6.07) is 14.5. The van der Waals surface area contributed by atoms with Gasteiger partial charge in [-0.1, -0.05) is 24.3 Å². The van der Waals surface area contributed by atoms with Crippen molar-refractivity contribution in [1.82, 2.24) is 10.6 Å². The summed E-state index contributed by atoms with van der Waals surface area (Å²) in [6.07, 6.45) is 0. The topological polar surface area (TPSA) is 60.2 Å². The lowest BCUT2D eigenvalue weighted by Crippen LogP contribution is -2.38. The first-order valence-corrected chi connectivity index (χ1v) is 7.76. The molecule has 0 spiro atoms. The van der Waals surface area contributed by atoms with E-state index in [1.807, 2.05) is 25.1 Å². The van der Waals surface area contributed by atoms with Gasteiger partial charge in [-0.05, 0) is 43.2 Å². The molecule has 0 aliphatic carbocycles. The fourth-order valence-corrected chi connectivity index (χ4v) is 2.51. The molecule has 4 nitrogen and oxygen atoms in total. The molecule has 2 rings (SSSR count). The zero-order chi connectivity index (χ0) is 17.5. The monoisotopic (exact) mass is 452 g/mol. The molecule has 0 amide bonds. The number of hydrogen-bond donors (Lipinski definition) is 2. The minimum Gasteiger partial charge on any atom is -0.352 e. The van der Waals surface area contributed by atoms with Gasteiger partial charge in [0.15, 0.2) is 5.96 Å². The zero-order valence-corrected chi connectivity index (χ0v) is 16.8. The van der Waals surface area contributed by atoms with Gasteiger partial charge in [-0.3, -0.25) is 4.99 Å². The number of halogens is 2. The van der Waals surface area contributed by atoms with E-state index in [-0.39, 0.29) is 42.4 Å². The molecule has 2 aromatic rings. The van der Waals surface area contributed by atoms with Crippen LogP contribution in [-0.4, -0.2) is 13.0 Å². The predicted octanol–water partition coefficient (Wildman–Crippen LogP) is 4.05. The van der Waals surface area contributed by atoms with E-state index in [1.54, 1.807) is 13.1 Å². The Balaban J connectivity index is 0.00000312. The van der Waals surface area contributed by atoms with E-state index in [9.17, 15) is 4.39 Å². The molecule has 0 saturated heterocycles. The van der Waals surface area contributed by atoms with Crippen LogP contribution in [0.4, 0.5) is 4.39 Å². The molecule has 0 aromatic heterocycles. The van der Waals surface area contributed by atoms with Crippen LogP contribution < -0.4 is 10.6 Å². The summed E-state index contributed by atoms with van der Waals surface area (Å²) in [7, 11) is 1.67. The predicted molar refractivity (Wildman–Crippen MR) is 109 cm³/mol. The van der Waals surface area contributed by atoms with Gasteiger partial charge in [-0.15, -0.1) is 24.0 Å². The van der Waals surface area contributed by atoms with Crippen LogP contribution >= 0.6 is 24.0 Å². The molecule has 6 heteroatoms. The summed E-state index contributed by atoms with van der Waals surface area (Å²) < 4.78 is 13.8. The van der Waals surface area contributed by atoms with Gasteiger partial charge < -0.3 is 10.6 Å². The molecule has 25 heavy (non-hydrogen) atoms. The Bertz CT molecular complexity index is 783. The summed E-state index contributed by atoms with van der Waals surface area (Å²) in [5, 5.41) is 15.3. The second-order valence-corrected chi connectivity index (χ2v) is 5.57. The van der Waals surface area contributed by atoms with E-state index in [0.29, 0.717) is 17.1 Å². The van der Waals surface area contributed by atoms with E-state index >= 15 is 0 Å². The maximum Gasteiger partial charge on any atom is 0.191 e. The fourth-order valence-electron chi connectivity index (χ4n) is 2.51. The van der Waals surface area contributed by atoms with Crippen LogP contribution in [0.5, 0.6) is 0 Å². The third-order valence-electron chi connectivity index (χ3n) is 3.85. The molecule has 1 atom stereocenters. The minimum atomic E-state index is -0.344. The molecule has 1 unspecified atom stereocenters. The van der Waals surface area contributed by atoms with Crippen molar-refractivity contribution < 1.29 is 4.39 Å². The van der Waals surface area contributed by atoms with E-state index < -0.39 is 0 Å². The van der Waals surface area contributed by atoms with Crippen molar-refractivity contribution in [3.05, 3.63) is 70.5 Å². The normalized spacial score (nSPS) is 11.9. The third kappa shape index (κ3) is 5.71. The number of aryl methyl sites for hydroxylation is 1. The largest absolute Gasteiger partial charge is 0.352 e. The van der Waals surface area contributed by atoms with Crippen molar-refractivity contribution in [2.75, 3.05) is 7.05 Å². The van der Waals surface area contributed by atoms with Gasteiger partial charge in [0.05, 0.1) is 17.7 Å². The Labute approximate surface area is 165 Å². The van der Waals surface area contributed by atoms with Crippen LogP contribution in [0, 0.1) is 24.1 Å². The number of guanidine groups is 1. The smallest absolute Gasteiger partial charge is 0.191 e. The number of rotatable bonds is 4. The summed E-state index contributed by atoms with van der Waals surface area (Å²) in [4.78, 5) is 4.18. The summed E-state index contributed by atoms with van der Waals surface area (Å²) in [5.41, 5.74) is 3.24. The minimum absolute atomic E-state index is 0. The molecule has 2 aromatic carbocycles. The van der Waals surface area contributed by atoms with Crippen molar-refractivity contribution in [3.8, 4) is 6.07 Å². The first-order valence-electron chi connectivity index (χ1n) is 7.76. The van der Waals surface area contributed by atoms with Crippen LogP contribution in [0.1, 0.15) is 35.2 Å². The molecule has 0 heterocycles. The second kappa shape index (κ2) is 9.99. The van der Waals surface area contributed by atoms with Gasteiger partial charge in [0.1, 0.15) is 5.82 Å². The van der Waals surface area contributed by atoms with Gasteiger partial charge >= 0.3 is 0 Å². The SMILES string of the molecule is CN=C(NCc1cc(C#N)ccc1F)NC(C)c1ccccc1C.I. The Morgan fingerprint density at radius 2 is 2.00 bits per heavy atom. The van der Waals surface area contributed by atoms with Crippen LogP contribution in [-0.2, 0) is 6.54 Å². The van der Waals surface area contributed by atoms with Crippen LogP contribution in [0.2, 0.25) is 0 Å². The fraction of sp³-hybridized carbons (Fsp3) is 0.263. The lowest BCUT2D eigenvalue weighted by molar-refractivity contribution is 0.602. The van der Waals surface area contributed by atoms with Gasteiger partial charge in [-0.25, -0.2) is 4.39 Å². The molecule has 0 radical (unpaired) electrons. The number of hydrogen-bond acceptors (Lipinski definition) is 2. The first kappa shape index (κ1) is 20.9. The van der Waals surface area contributed by atoms with Crippen molar-refractivity contribution in [2.45, 2.75) is 26.4 Å². The van der Waals surface area contributed by atoms with E-state index in [1.165, 1.54) is 23.3 Å². The quantitative estimate of drug-likeness (QED) is 0.418. The number of aliphatic imine (C=N–C) groups is 1. The second-order valence-electron chi connectivity index (χ2n) is 5.57. The average Bonchev–Trinajstić information content (AvgIpc) is 2.60. The third-order valence-corrected chi connectivity index (χ3v) is 3.85. The van der Waals surface area contributed by atoms with Crippen molar-refractivity contribution >= 4 is 29.9 Å². The summed E-state index contributed by atoms with van der Waals surface area (Å²) >= 11 is 0. The molecule has 0 saturated carbocycles.